The van der Waals surface area contributed by atoms with Crippen LogP contribution in [0.5, 0.6) is 5.75 Å². The summed E-state index contributed by atoms with van der Waals surface area (Å²) in [5.41, 5.74) is 1.98. The Morgan fingerprint density at radius 2 is 1.57 bits per heavy atom. The summed E-state index contributed by atoms with van der Waals surface area (Å²) >= 11 is 6.44. The van der Waals surface area contributed by atoms with Crippen LogP contribution in [-0.4, -0.2) is 27.8 Å². The number of hydrogen-bond acceptors (Lipinski definition) is 3. The van der Waals surface area contributed by atoms with E-state index in [1.807, 2.05) is 36.4 Å². The molecule has 3 aromatic rings. The lowest BCUT2D eigenvalue weighted by molar-refractivity contribution is 0.379. The van der Waals surface area contributed by atoms with Crippen LogP contribution in [-0.2, 0) is 0 Å². The first kappa shape index (κ1) is 21.2. The van der Waals surface area contributed by atoms with Crippen molar-refractivity contribution in [3.8, 4) is 5.75 Å². The van der Waals surface area contributed by atoms with Crippen molar-refractivity contribution in [2.75, 3.05) is 7.11 Å². The van der Waals surface area contributed by atoms with Gasteiger partial charge in [-0.1, -0.05) is 69.1 Å². The summed E-state index contributed by atoms with van der Waals surface area (Å²) in [5, 5.41) is 1.83. The number of methoxy groups -OCH3 is 1. The number of fused-ring (bicyclic) bond motifs is 1. The lowest BCUT2D eigenvalue weighted by Crippen LogP contribution is -2.60. The van der Waals surface area contributed by atoms with Gasteiger partial charge in [0.2, 0.25) is 0 Å². The van der Waals surface area contributed by atoms with E-state index in [9.17, 15) is 0 Å². The molecule has 150 valence electrons. The topological polar surface area (TPSA) is 25.6 Å². The number of nitrogens with zero attached hydrogens (tertiary/aromatic N) is 1. The number of rotatable bonds is 6. The van der Waals surface area contributed by atoms with Crippen LogP contribution in [0.4, 0.5) is 0 Å². The van der Waals surface area contributed by atoms with Gasteiger partial charge in [0.05, 0.1) is 13.2 Å². The molecule has 3 rings (SSSR count). The Morgan fingerprint density at radius 1 is 0.929 bits per heavy atom. The smallest absolute Gasteiger partial charge is 0.134 e. The van der Waals surface area contributed by atoms with Crippen LogP contribution >= 0.6 is 11.6 Å². The molecule has 28 heavy (non-hydrogen) atoms. The quantitative estimate of drug-likeness (QED) is 0.387. The van der Waals surface area contributed by atoms with Gasteiger partial charge in [0, 0.05) is 16.0 Å². The van der Waals surface area contributed by atoms with E-state index in [4.69, 9.17) is 20.8 Å². The SMILES string of the molecule is COc1ccc(Cl)cc1C(c1cc2ccccc2o1)N([Si](C)(C)C)[Si](C)(C)C. The minimum Gasteiger partial charge on any atom is -0.496 e. The number of furan rings is 1. The lowest BCUT2D eigenvalue weighted by atomic mass is 10.0. The minimum absolute atomic E-state index is 0.0283. The van der Waals surface area contributed by atoms with Crippen molar-refractivity contribution >= 4 is 39.0 Å². The normalized spacial score (nSPS) is 13.9. The van der Waals surface area contributed by atoms with Crippen LogP contribution in [0.25, 0.3) is 11.0 Å². The van der Waals surface area contributed by atoms with E-state index in [1.165, 1.54) is 0 Å². The van der Waals surface area contributed by atoms with Gasteiger partial charge in [0.1, 0.15) is 33.6 Å². The summed E-state index contributed by atoms with van der Waals surface area (Å²) < 4.78 is 14.9. The molecule has 0 saturated heterocycles. The summed E-state index contributed by atoms with van der Waals surface area (Å²) in [6.07, 6.45) is 0. The maximum Gasteiger partial charge on any atom is 0.134 e. The van der Waals surface area contributed by atoms with E-state index in [2.05, 4.69) is 55.6 Å². The summed E-state index contributed by atoms with van der Waals surface area (Å²) in [7, 11) is -1.71. The van der Waals surface area contributed by atoms with Crippen molar-refractivity contribution in [3.05, 3.63) is 64.9 Å². The molecule has 0 fully saturated rings. The van der Waals surface area contributed by atoms with Crippen LogP contribution < -0.4 is 4.74 Å². The van der Waals surface area contributed by atoms with Crippen LogP contribution in [0.2, 0.25) is 44.3 Å². The van der Waals surface area contributed by atoms with E-state index in [0.717, 1.165) is 28.0 Å². The maximum atomic E-state index is 6.44. The highest BCUT2D eigenvalue weighted by Gasteiger charge is 2.43. The number of para-hydroxylation sites is 1. The van der Waals surface area contributed by atoms with E-state index in [-0.39, 0.29) is 6.04 Å². The van der Waals surface area contributed by atoms with Crippen molar-refractivity contribution in [2.24, 2.45) is 0 Å². The van der Waals surface area contributed by atoms with Gasteiger partial charge in [-0.05, 0) is 30.3 Å². The van der Waals surface area contributed by atoms with Gasteiger partial charge < -0.3 is 13.4 Å². The molecule has 3 nitrogen and oxygen atoms in total. The van der Waals surface area contributed by atoms with Crippen molar-refractivity contribution < 1.29 is 9.15 Å². The van der Waals surface area contributed by atoms with Crippen LogP contribution in [0.15, 0.2) is 52.9 Å². The zero-order valence-corrected chi connectivity index (χ0v) is 20.6. The van der Waals surface area contributed by atoms with Gasteiger partial charge >= 0.3 is 0 Å². The molecular weight excluding hydrogens is 402 g/mol. The van der Waals surface area contributed by atoms with Gasteiger partial charge in [0.25, 0.3) is 0 Å². The molecule has 0 saturated carbocycles. The lowest BCUT2D eigenvalue weighted by Gasteiger charge is -2.48. The molecule has 1 heterocycles. The van der Waals surface area contributed by atoms with Crippen LogP contribution in [0.3, 0.4) is 0 Å². The highest BCUT2D eigenvalue weighted by Crippen LogP contribution is 2.43. The third-order valence-corrected chi connectivity index (χ3v) is 12.6. The van der Waals surface area contributed by atoms with E-state index < -0.39 is 16.5 Å². The molecule has 0 N–H and O–H groups in total. The molecule has 0 aliphatic heterocycles. The predicted octanol–water partition coefficient (Wildman–Crippen LogP) is 7.16. The second kappa shape index (κ2) is 7.71. The molecule has 1 aromatic heterocycles. The zero-order chi connectivity index (χ0) is 20.7. The van der Waals surface area contributed by atoms with Crippen molar-refractivity contribution in [1.29, 1.82) is 0 Å². The fraction of sp³-hybridized carbons (Fsp3) is 0.364. The molecule has 6 heteroatoms. The van der Waals surface area contributed by atoms with E-state index >= 15 is 0 Å². The fourth-order valence-electron chi connectivity index (χ4n) is 4.26. The first-order valence-electron chi connectivity index (χ1n) is 9.64. The zero-order valence-electron chi connectivity index (χ0n) is 17.8. The van der Waals surface area contributed by atoms with Gasteiger partial charge in [0.15, 0.2) is 0 Å². The summed E-state index contributed by atoms with van der Waals surface area (Å²) in [6, 6.07) is 16.2. The Balaban J connectivity index is 2.32. The molecule has 0 aliphatic carbocycles. The third kappa shape index (κ3) is 4.22. The Hall–Kier alpha value is -1.54. The molecular formula is C22H30ClNO2Si2. The minimum atomic E-state index is -1.72. The summed E-state index contributed by atoms with van der Waals surface area (Å²) in [4.78, 5) is 0. The largest absolute Gasteiger partial charge is 0.496 e. The second-order valence-electron chi connectivity index (χ2n) is 9.19. The highest BCUT2D eigenvalue weighted by molar-refractivity contribution is 6.89. The average molecular weight is 432 g/mol. The first-order valence-corrected chi connectivity index (χ1v) is 16.9. The van der Waals surface area contributed by atoms with Crippen molar-refractivity contribution in [3.63, 3.8) is 0 Å². The fourth-order valence-corrected chi connectivity index (χ4v) is 14.6. The van der Waals surface area contributed by atoms with Gasteiger partial charge in [-0.3, -0.25) is 0 Å². The predicted molar refractivity (Wildman–Crippen MR) is 125 cm³/mol. The van der Waals surface area contributed by atoms with E-state index in [0.29, 0.717) is 5.02 Å². The maximum absolute atomic E-state index is 6.44. The Morgan fingerprint density at radius 3 is 2.14 bits per heavy atom. The molecule has 2 aromatic carbocycles. The standard InChI is InChI=1S/C22H30ClNO2Si2/c1-25-20-13-12-17(23)15-18(20)22(24(27(2,3)4)28(5,6)7)21-14-16-10-8-9-11-19(16)26-21/h8-15,22H,1-7H3. The van der Waals surface area contributed by atoms with E-state index in [1.54, 1.807) is 7.11 Å². The highest BCUT2D eigenvalue weighted by atomic mass is 35.5. The summed E-state index contributed by atoms with van der Waals surface area (Å²) in [5.74, 6) is 1.79. The van der Waals surface area contributed by atoms with Gasteiger partial charge in [-0.2, -0.15) is 0 Å². The number of halogens is 1. The van der Waals surface area contributed by atoms with Crippen LogP contribution in [0.1, 0.15) is 17.4 Å². The first-order chi connectivity index (χ1) is 13.0. The van der Waals surface area contributed by atoms with Crippen molar-refractivity contribution in [1.82, 2.24) is 4.23 Å². The Bertz CT molecular complexity index is 926. The van der Waals surface area contributed by atoms with Crippen molar-refractivity contribution in [2.45, 2.75) is 45.3 Å². The molecule has 1 unspecified atom stereocenters. The average Bonchev–Trinajstić information content (AvgIpc) is 3.01. The number of ether oxygens (including phenoxy) is 1. The van der Waals surface area contributed by atoms with Crippen LogP contribution in [0, 0.1) is 0 Å². The number of hydrogen-bond donors (Lipinski definition) is 0. The Kier molecular flexibility index (Phi) is 5.83. The molecule has 0 spiro atoms. The second-order valence-corrected chi connectivity index (χ2v) is 19.7. The van der Waals surface area contributed by atoms with Gasteiger partial charge in [-0.15, -0.1) is 0 Å². The molecule has 0 bridgehead atoms. The molecule has 1 atom stereocenters. The summed E-state index contributed by atoms with van der Waals surface area (Å²) in [6.45, 7) is 14.4. The Labute approximate surface area is 175 Å². The van der Waals surface area contributed by atoms with Gasteiger partial charge in [-0.25, -0.2) is 0 Å². The molecule has 0 aliphatic rings. The molecule has 0 radical (unpaired) electrons. The molecule has 0 amide bonds. The third-order valence-electron chi connectivity index (χ3n) is 4.90. The number of benzene rings is 2. The monoisotopic (exact) mass is 431 g/mol.